The zero-order chi connectivity index (χ0) is 13.4. The molecule has 0 saturated heterocycles. The van der Waals surface area contributed by atoms with Gasteiger partial charge in [-0.1, -0.05) is 11.6 Å². The van der Waals surface area contributed by atoms with Crippen molar-refractivity contribution in [2.24, 2.45) is 0 Å². The van der Waals surface area contributed by atoms with E-state index in [-0.39, 0.29) is 17.0 Å². The maximum absolute atomic E-state index is 11.6. The van der Waals surface area contributed by atoms with Gasteiger partial charge in [-0.15, -0.1) is 0 Å². The van der Waals surface area contributed by atoms with E-state index in [9.17, 15) is 9.59 Å². The molecule has 0 radical (unpaired) electrons. The Kier molecular flexibility index (Phi) is 3.00. The van der Waals surface area contributed by atoms with Gasteiger partial charge in [0.15, 0.2) is 5.78 Å². The SMILES string of the molecule is COc1ccc(Cl)c2c(C(C)=O)c(C(=O)O)[nH]c12. The Morgan fingerprint density at radius 3 is 2.56 bits per heavy atom. The predicted molar refractivity (Wildman–Crippen MR) is 66.8 cm³/mol. The van der Waals surface area contributed by atoms with Gasteiger partial charge >= 0.3 is 5.97 Å². The standard InChI is InChI=1S/C12H10ClNO4/c1-5(15)8-9-6(13)3-4-7(18-2)10(9)14-11(8)12(16)17/h3-4,14H,1-2H3,(H,16,17). The molecule has 0 spiro atoms. The van der Waals surface area contributed by atoms with E-state index in [0.29, 0.717) is 21.7 Å². The number of carboxylic acids is 1. The van der Waals surface area contributed by atoms with Gasteiger partial charge in [0.05, 0.1) is 23.2 Å². The lowest BCUT2D eigenvalue weighted by atomic mass is 10.1. The van der Waals surface area contributed by atoms with E-state index < -0.39 is 5.97 Å². The smallest absolute Gasteiger partial charge is 0.353 e. The van der Waals surface area contributed by atoms with Gasteiger partial charge < -0.3 is 14.8 Å². The summed E-state index contributed by atoms with van der Waals surface area (Å²) in [7, 11) is 1.46. The number of methoxy groups -OCH3 is 1. The van der Waals surface area contributed by atoms with E-state index in [1.807, 2.05) is 0 Å². The number of rotatable bonds is 3. The number of aromatic amines is 1. The normalized spacial score (nSPS) is 10.6. The van der Waals surface area contributed by atoms with Crippen molar-refractivity contribution < 1.29 is 19.4 Å². The second-order valence-electron chi connectivity index (χ2n) is 3.74. The van der Waals surface area contributed by atoms with E-state index in [1.165, 1.54) is 14.0 Å². The average molecular weight is 268 g/mol. The molecule has 1 aromatic carbocycles. The maximum atomic E-state index is 11.6. The number of hydrogen-bond acceptors (Lipinski definition) is 3. The molecule has 18 heavy (non-hydrogen) atoms. The van der Waals surface area contributed by atoms with E-state index >= 15 is 0 Å². The lowest BCUT2D eigenvalue weighted by molar-refractivity contribution is 0.0687. The van der Waals surface area contributed by atoms with Crippen molar-refractivity contribution in [2.45, 2.75) is 6.92 Å². The monoisotopic (exact) mass is 267 g/mol. The lowest BCUT2D eigenvalue weighted by Gasteiger charge is -2.03. The quantitative estimate of drug-likeness (QED) is 0.838. The van der Waals surface area contributed by atoms with Crippen molar-refractivity contribution in [3.05, 3.63) is 28.4 Å². The van der Waals surface area contributed by atoms with Crippen LogP contribution in [0.3, 0.4) is 0 Å². The highest BCUT2D eigenvalue weighted by Crippen LogP contribution is 2.35. The van der Waals surface area contributed by atoms with Gasteiger partial charge in [-0.3, -0.25) is 4.79 Å². The Morgan fingerprint density at radius 2 is 2.06 bits per heavy atom. The summed E-state index contributed by atoms with van der Waals surface area (Å²) in [4.78, 5) is 25.4. The molecule has 1 heterocycles. The van der Waals surface area contributed by atoms with E-state index in [1.54, 1.807) is 12.1 Å². The molecule has 94 valence electrons. The summed E-state index contributed by atoms with van der Waals surface area (Å²) in [6.45, 7) is 1.30. The third-order valence-corrected chi connectivity index (χ3v) is 2.97. The molecule has 0 aliphatic carbocycles. The molecular weight excluding hydrogens is 258 g/mol. The number of ether oxygens (including phenoxy) is 1. The highest BCUT2D eigenvalue weighted by atomic mass is 35.5. The van der Waals surface area contributed by atoms with Crippen molar-refractivity contribution in [1.29, 1.82) is 0 Å². The first kappa shape index (κ1) is 12.4. The molecule has 0 unspecified atom stereocenters. The number of carbonyl (C=O) groups is 2. The topological polar surface area (TPSA) is 79.4 Å². The largest absolute Gasteiger partial charge is 0.495 e. The van der Waals surface area contributed by atoms with E-state index in [4.69, 9.17) is 21.4 Å². The van der Waals surface area contributed by atoms with Crippen molar-refractivity contribution in [1.82, 2.24) is 4.98 Å². The van der Waals surface area contributed by atoms with E-state index in [2.05, 4.69) is 4.98 Å². The number of benzene rings is 1. The predicted octanol–water partition coefficient (Wildman–Crippen LogP) is 2.73. The molecule has 0 amide bonds. The minimum atomic E-state index is -1.21. The average Bonchev–Trinajstić information content (AvgIpc) is 2.71. The highest BCUT2D eigenvalue weighted by Gasteiger charge is 2.23. The van der Waals surface area contributed by atoms with Crippen molar-refractivity contribution in [3.63, 3.8) is 0 Å². The Morgan fingerprint density at radius 1 is 1.39 bits per heavy atom. The molecule has 0 saturated carbocycles. The fourth-order valence-corrected chi connectivity index (χ4v) is 2.17. The molecule has 0 aliphatic heterocycles. The summed E-state index contributed by atoms with van der Waals surface area (Å²) in [6.07, 6.45) is 0. The molecule has 2 aromatic rings. The minimum Gasteiger partial charge on any atom is -0.495 e. The van der Waals surface area contributed by atoms with Crippen molar-refractivity contribution >= 4 is 34.3 Å². The summed E-state index contributed by atoms with van der Waals surface area (Å²) in [5.74, 6) is -1.15. The number of halogens is 1. The van der Waals surface area contributed by atoms with Crippen LogP contribution in [0.1, 0.15) is 27.8 Å². The van der Waals surface area contributed by atoms with Crippen LogP contribution in [-0.4, -0.2) is 29.0 Å². The first-order valence-corrected chi connectivity index (χ1v) is 5.47. The first-order valence-electron chi connectivity index (χ1n) is 5.09. The van der Waals surface area contributed by atoms with Crippen LogP contribution in [0.15, 0.2) is 12.1 Å². The van der Waals surface area contributed by atoms with Gasteiger partial charge in [0.1, 0.15) is 11.4 Å². The number of hydrogen-bond donors (Lipinski definition) is 2. The van der Waals surface area contributed by atoms with Gasteiger partial charge in [0.2, 0.25) is 0 Å². The molecule has 2 rings (SSSR count). The zero-order valence-electron chi connectivity index (χ0n) is 9.70. The van der Waals surface area contributed by atoms with Gasteiger partial charge in [-0.25, -0.2) is 4.79 Å². The maximum Gasteiger partial charge on any atom is 0.353 e. The summed E-state index contributed by atoms with van der Waals surface area (Å²) in [5.41, 5.74) is 0.304. The molecular formula is C12H10ClNO4. The van der Waals surface area contributed by atoms with Crippen LogP contribution in [0.2, 0.25) is 5.02 Å². The van der Waals surface area contributed by atoms with Gasteiger partial charge in [0, 0.05) is 5.39 Å². The number of Topliss-reactive ketones (excluding diaryl/α,β-unsaturated/α-hetero) is 1. The number of nitrogens with one attached hydrogen (secondary N) is 1. The highest BCUT2D eigenvalue weighted by molar-refractivity contribution is 6.37. The minimum absolute atomic E-state index is 0.0707. The number of aromatic nitrogens is 1. The van der Waals surface area contributed by atoms with Crippen LogP contribution < -0.4 is 4.74 Å². The number of carbonyl (C=O) groups excluding carboxylic acids is 1. The van der Waals surface area contributed by atoms with Crippen LogP contribution in [0.5, 0.6) is 5.75 Å². The number of H-pyrrole nitrogens is 1. The number of fused-ring (bicyclic) bond motifs is 1. The molecule has 0 bridgehead atoms. The van der Waals surface area contributed by atoms with Gasteiger partial charge in [-0.05, 0) is 19.1 Å². The van der Waals surface area contributed by atoms with Gasteiger partial charge in [-0.2, -0.15) is 0 Å². The van der Waals surface area contributed by atoms with Crippen LogP contribution in [0.4, 0.5) is 0 Å². The second kappa shape index (κ2) is 4.34. The zero-order valence-corrected chi connectivity index (χ0v) is 10.5. The number of aromatic carboxylic acids is 1. The first-order chi connectivity index (χ1) is 8.47. The molecule has 0 atom stereocenters. The Balaban J connectivity index is 2.97. The Bertz CT molecular complexity index is 660. The van der Waals surface area contributed by atoms with Crippen LogP contribution in [0, 0.1) is 0 Å². The summed E-state index contributed by atoms with van der Waals surface area (Å²) < 4.78 is 5.12. The second-order valence-corrected chi connectivity index (χ2v) is 4.14. The molecule has 0 fully saturated rings. The fraction of sp³-hybridized carbons (Fsp3) is 0.167. The van der Waals surface area contributed by atoms with Crippen LogP contribution >= 0.6 is 11.6 Å². The summed E-state index contributed by atoms with van der Waals surface area (Å²) in [6, 6.07) is 3.17. The van der Waals surface area contributed by atoms with Crippen molar-refractivity contribution in [3.8, 4) is 5.75 Å². The fourth-order valence-electron chi connectivity index (χ4n) is 1.92. The molecule has 5 nitrogen and oxygen atoms in total. The molecule has 2 N–H and O–H groups in total. The van der Waals surface area contributed by atoms with Gasteiger partial charge in [0.25, 0.3) is 0 Å². The van der Waals surface area contributed by atoms with Crippen LogP contribution in [-0.2, 0) is 0 Å². The summed E-state index contributed by atoms with van der Waals surface area (Å²) in [5, 5.41) is 9.78. The number of ketones is 1. The Labute approximate surface area is 107 Å². The lowest BCUT2D eigenvalue weighted by Crippen LogP contribution is -2.04. The third-order valence-electron chi connectivity index (χ3n) is 2.65. The summed E-state index contributed by atoms with van der Waals surface area (Å²) >= 11 is 6.03. The number of carboxylic acid groups (broad SMARTS) is 1. The van der Waals surface area contributed by atoms with Crippen LogP contribution in [0.25, 0.3) is 10.9 Å². The molecule has 0 aliphatic rings. The van der Waals surface area contributed by atoms with Crippen molar-refractivity contribution in [2.75, 3.05) is 7.11 Å². The molecule has 1 aromatic heterocycles. The third kappa shape index (κ3) is 1.73. The Hall–Kier alpha value is -2.01. The van der Waals surface area contributed by atoms with E-state index in [0.717, 1.165) is 0 Å². The molecule has 6 heteroatoms.